The Labute approximate surface area is 163 Å². The van der Waals surface area contributed by atoms with Gasteiger partial charge in [0.05, 0.1) is 0 Å². The van der Waals surface area contributed by atoms with Crippen LogP contribution in [0.15, 0.2) is 83.6 Å². The number of rotatable bonds is 5. The minimum absolute atomic E-state index is 0.0488. The maximum atomic E-state index is 11.3. The van der Waals surface area contributed by atoms with Crippen molar-refractivity contribution < 1.29 is 9.90 Å². The van der Waals surface area contributed by atoms with Crippen LogP contribution >= 0.6 is 11.6 Å². The second-order valence-corrected chi connectivity index (χ2v) is 7.31. The first-order valence-electron chi connectivity index (χ1n) is 9.03. The van der Waals surface area contributed by atoms with Gasteiger partial charge >= 0.3 is 5.97 Å². The van der Waals surface area contributed by atoms with Crippen molar-refractivity contribution in [3.05, 3.63) is 94.7 Å². The normalized spacial score (nSPS) is 15.3. The molecule has 0 fully saturated rings. The topological polar surface area (TPSA) is 42.2 Å². The lowest BCUT2D eigenvalue weighted by atomic mass is 9.81. The maximum absolute atomic E-state index is 11.3. The number of hydrogen-bond donors (Lipinski definition) is 1. The first-order chi connectivity index (χ1) is 13.1. The molecule has 1 N–H and O–H groups in total. The molecule has 1 unspecified atom stereocenters. The van der Waals surface area contributed by atoms with Crippen molar-refractivity contribution in [2.75, 3.05) is 0 Å². The van der Waals surface area contributed by atoms with Gasteiger partial charge in [-0.05, 0) is 36.1 Å². The lowest BCUT2D eigenvalue weighted by Gasteiger charge is -2.23. The predicted molar refractivity (Wildman–Crippen MR) is 109 cm³/mol. The molecule has 1 aromatic heterocycles. The summed E-state index contributed by atoms with van der Waals surface area (Å²) in [5.41, 5.74) is 4.58. The molecule has 2 aromatic carbocycles. The minimum Gasteiger partial charge on any atom is -0.480 e. The van der Waals surface area contributed by atoms with Gasteiger partial charge in [-0.25, -0.2) is 0 Å². The zero-order valence-corrected chi connectivity index (χ0v) is 15.6. The van der Waals surface area contributed by atoms with Crippen molar-refractivity contribution in [3.63, 3.8) is 0 Å². The van der Waals surface area contributed by atoms with Crippen molar-refractivity contribution in [1.29, 1.82) is 0 Å². The quantitative estimate of drug-likeness (QED) is 0.619. The van der Waals surface area contributed by atoms with Crippen LogP contribution in [0.3, 0.4) is 0 Å². The Hall–Kier alpha value is -2.78. The van der Waals surface area contributed by atoms with Crippen LogP contribution in [0.2, 0.25) is 0 Å². The first-order valence-corrected chi connectivity index (χ1v) is 9.41. The maximum Gasteiger partial charge on any atom is 0.323 e. The summed E-state index contributed by atoms with van der Waals surface area (Å²) in [6.45, 7) is -0.0488. The fraction of sp³-hybridized carbons (Fsp3) is 0.174. The predicted octanol–water partition coefficient (Wildman–Crippen LogP) is 5.70. The highest BCUT2D eigenvalue weighted by Crippen LogP contribution is 2.40. The monoisotopic (exact) mass is 377 g/mol. The van der Waals surface area contributed by atoms with E-state index in [2.05, 4.69) is 24.3 Å². The Balaban J connectivity index is 1.92. The molecular formula is C23H20ClNO2. The smallest absolute Gasteiger partial charge is 0.323 e. The minimum atomic E-state index is -0.842. The second-order valence-electron chi connectivity index (χ2n) is 6.82. The molecule has 0 aliphatic heterocycles. The van der Waals surface area contributed by atoms with Crippen LogP contribution in [-0.4, -0.2) is 15.6 Å². The number of halogens is 1. The number of carbonyl (C=O) groups is 1. The van der Waals surface area contributed by atoms with Gasteiger partial charge in [0.25, 0.3) is 0 Å². The van der Waals surface area contributed by atoms with Crippen molar-refractivity contribution in [2.24, 2.45) is 0 Å². The average molecular weight is 378 g/mol. The van der Waals surface area contributed by atoms with Crippen LogP contribution < -0.4 is 0 Å². The van der Waals surface area contributed by atoms with Crippen LogP contribution in [0.25, 0.3) is 10.9 Å². The Bertz CT molecular complexity index is 1050. The molecule has 1 aliphatic rings. The summed E-state index contributed by atoms with van der Waals surface area (Å²) in [4.78, 5) is 11.3. The number of nitrogens with zero attached hydrogens (tertiary/aromatic N) is 1. The molecule has 1 aliphatic carbocycles. The van der Waals surface area contributed by atoms with Crippen LogP contribution in [0.5, 0.6) is 0 Å². The number of carboxylic acids is 1. The SMILES string of the molecule is O=C(O)Cn1cc(C(C2=CC=C(Cl)CC2)c2ccccc2)c2ccccc21. The molecule has 4 heteroatoms. The fourth-order valence-corrected chi connectivity index (χ4v) is 4.05. The Morgan fingerprint density at radius 2 is 1.78 bits per heavy atom. The molecule has 0 radical (unpaired) electrons. The molecule has 0 bridgehead atoms. The van der Waals surface area contributed by atoms with Crippen molar-refractivity contribution in [3.8, 4) is 0 Å². The van der Waals surface area contributed by atoms with Crippen molar-refractivity contribution >= 4 is 28.5 Å². The van der Waals surface area contributed by atoms with Gasteiger partial charge in [-0.2, -0.15) is 0 Å². The fourth-order valence-electron chi connectivity index (χ4n) is 3.89. The molecule has 3 nitrogen and oxygen atoms in total. The van der Waals surface area contributed by atoms with Gasteiger partial charge in [0.15, 0.2) is 0 Å². The second kappa shape index (κ2) is 7.45. The van der Waals surface area contributed by atoms with Crippen molar-refractivity contribution in [1.82, 2.24) is 4.57 Å². The van der Waals surface area contributed by atoms with Gasteiger partial charge < -0.3 is 9.67 Å². The summed E-state index contributed by atoms with van der Waals surface area (Å²) in [7, 11) is 0. The summed E-state index contributed by atoms with van der Waals surface area (Å²) in [6.07, 6.45) is 7.83. The van der Waals surface area contributed by atoms with Crippen molar-refractivity contribution in [2.45, 2.75) is 25.3 Å². The van der Waals surface area contributed by atoms with E-state index < -0.39 is 5.97 Å². The first kappa shape index (κ1) is 17.6. The molecule has 0 spiro atoms. The van der Waals surface area contributed by atoms with E-state index in [1.165, 1.54) is 11.1 Å². The van der Waals surface area contributed by atoms with Crippen LogP contribution in [0, 0.1) is 0 Å². The number of aromatic nitrogens is 1. The standard InChI is InChI=1S/C23H20ClNO2/c24-18-12-10-17(11-13-18)23(16-6-2-1-3-7-16)20-14-25(15-22(26)27)21-9-5-4-8-19(20)21/h1-10,12,14,23H,11,13,15H2,(H,26,27). The van der Waals surface area contributed by atoms with Gasteiger partial charge in [0.2, 0.25) is 0 Å². The molecule has 1 atom stereocenters. The number of benzene rings is 2. The lowest BCUT2D eigenvalue weighted by molar-refractivity contribution is -0.137. The highest BCUT2D eigenvalue weighted by atomic mass is 35.5. The van der Waals surface area contributed by atoms with E-state index >= 15 is 0 Å². The van der Waals surface area contributed by atoms with Crippen LogP contribution in [0.1, 0.15) is 29.9 Å². The zero-order chi connectivity index (χ0) is 18.8. The molecule has 3 aromatic rings. The van der Waals surface area contributed by atoms with Gasteiger partial charge in [0, 0.05) is 28.0 Å². The molecule has 0 amide bonds. The third kappa shape index (κ3) is 3.56. The van der Waals surface area contributed by atoms with E-state index in [1.54, 1.807) is 0 Å². The van der Waals surface area contributed by atoms with E-state index in [4.69, 9.17) is 11.6 Å². The summed E-state index contributed by atoms with van der Waals surface area (Å²) in [5, 5.41) is 11.3. The van der Waals surface area contributed by atoms with E-state index in [9.17, 15) is 9.90 Å². The summed E-state index contributed by atoms with van der Waals surface area (Å²) < 4.78 is 1.83. The highest BCUT2D eigenvalue weighted by molar-refractivity contribution is 6.29. The average Bonchev–Trinajstić information content (AvgIpc) is 3.02. The molecule has 1 heterocycles. The third-order valence-electron chi connectivity index (χ3n) is 5.07. The Morgan fingerprint density at radius 3 is 2.48 bits per heavy atom. The number of para-hydroxylation sites is 1. The molecule has 136 valence electrons. The molecular weight excluding hydrogens is 358 g/mol. The van der Waals surface area contributed by atoms with E-state index in [0.29, 0.717) is 0 Å². The van der Waals surface area contributed by atoms with Gasteiger partial charge in [0.1, 0.15) is 6.54 Å². The van der Waals surface area contributed by atoms with E-state index in [1.807, 2.05) is 53.2 Å². The number of carboxylic acid groups (broad SMARTS) is 1. The van der Waals surface area contributed by atoms with Gasteiger partial charge in [-0.3, -0.25) is 4.79 Å². The number of allylic oxidation sites excluding steroid dienone is 4. The van der Waals surface area contributed by atoms with E-state index in [-0.39, 0.29) is 12.5 Å². The lowest BCUT2D eigenvalue weighted by Crippen LogP contribution is -2.08. The molecule has 0 saturated heterocycles. The zero-order valence-electron chi connectivity index (χ0n) is 14.8. The molecule has 27 heavy (non-hydrogen) atoms. The van der Waals surface area contributed by atoms with Gasteiger partial charge in [-0.15, -0.1) is 0 Å². The summed E-state index contributed by atoms with van der Waals surface area (Å²) >= 11 is 6.18. The Kier molecular flexibility index (Phi) is 4.87. The molecule has 4 rings (SSSR count). The van der Waals surface area contributed by atoms with Gasteiger partial charge in [-0.1, -0.05) is 71.8 Å². The highest BCUT2D eigenvalue weighted by Gasteiger charge is 2.24. The van der Waals surface area contributed by atoms with Crippen LogP contribution in [0.4, 0.5) is 0 Å². The van der Waals surface area contributed by atoms with E-state index in [0.717, 1.165) is 34.3 Å². The molecule has 0 saturated carbocycles. The summed E-state index contributed by atoms with van der Waals surface area (Å²) in [6, 6.07) is 18.4. The Morgan fingerprint density at radius 1 is 1.04 bits per heavy atom. The number of hydrogen-bond acceptors (Lipinski definition) is 1. The number of aliphatic carboxylic acids is 1. The third-order valence-corrected chi connectivity index (χ3v) is 5.39. The summed E-state index contributed by atoms with van der Waals surface area (Å²) in [5.74, 6) is -0.766. The largest absolute Gasteiger partial charge is 0.480 e. The number of fused-ring (bicyclic) bond motifs is 1. The van der Waals surface area contributed by atoms with Crippen LogP contribution in [-0.2, 0) is 11.3 Å².